The zero-order valence-corrected chi connectivity index (χ0v) is 23.0. The van der Waals surface area contributed by atoms with Crippen molar-refractivity contribution in [3.63, 3.8) is 0 Å². The van der Waals surface area contributed by atoms with Gasteiger partial charge in [-0.05, 0) is 54.1 Å². The highest BCUT2D eigenvalue weighted by atomic mass is 35.5. The standard InChI is InChI=1S/C28H24Cl2FN7O3/c29-18-9-17(10-22(39)12-18)11-26(40)23-4-3-19(13-24(23)30)35-21-2-1-20(32-14-21)15-34-37-28-33-16-25(31)27(36-28)38-5-7-41-8-6-38/h1-4,9-10,12-16,35,39H,5-8,11H2,(H,33,36,37)/b34-15+. The van der Waals surface area contributed by atoms with Crippen molar-refractivity contribution in [1.29, 1.82) is 0 Å². The molecule has 0 radical (unpaired) electrons. The van der Waals surface area contributed by atoms with Gasteiger partial charge in [-0.3, -0.25) is 9.78 Å². The van der Waals surface area contributed by atoms with E-state index in [1.54, 1.807) is 47.5 Å². The van der Waals surface area contributed by atoms with Crippen molar-refractivity contribution in [1.82, 2.24) is 15.0 Å². The first-order valence-corrected chi connectivity index (χ1v) is 13.3. The number of Topliss-reactive ketones (excluding diaryl/α,β-unsaturated/α-hetero) is 1. The maximum Gasteiger partial charge on any atom is 0.245 e. The van der Waals surface area contributed by atoms with Crippen LogP contribution >= 0.6 is 23.2 Å². The molecule has 4 aromatic rings. The van der Waals surface area contributed by atoms with Gasteiger partial charge in [0.25, 0.3) is 0 Å². The second-order valence-electron chi connectivity index (χ2n) is 9.04. The molecule has 2 aromatic heterocycles. The highest BCUT2D eigenvalue weighted by Crippen LogP contribution is 2.26. The third-order valence-electron chi connectivity index (χ3n) is 6.05. The fourth-order valence-electron chi connectivity index (χ4n) is 4.12. The summed E-state index contributed by atoms with van der Waals surface area (Å²) in [4.78, 5) is 27.1. The van der Waals surface area contributed by atoms with E-state index < -0.39 is 5.82 Å². The minimum Gasteiger partial charge on any atom is -0.508 e. The Hall–Kier alpha value is -4.32. The number of ketones is 1. The zero-order chi connectivity index (χ0) is 28.8. The van der Waals surface area contributed by atoms with Gasteiger partial charge in [-0.15, -0.1) is 0 Å². The highest BCUT2D eigenvalue weighted by molar-refractivity contribution is 6.34. The molecule has 0 bridgehead atoms. The molecule has 1 fully saturated rings. The first-order valence-electron chi connectivity index (χ1n) is 12.5. The van der Waals surface area contributed by atoms with Crippen LogP contribution in [-0.2, 0) is 11.2 Å². The van der Waals surface area contributed by atoms with E-state index in [-0.39, 0.29) is 34.7 Å². The summed E-state index contributed by atoms with van der Waals surface area (Å²) in [5, 5.41) is 17.6. The molecule has 5 rings (SSSR count). The summed E-state index contributed by atoms with van der Waals surface area (Å²) in [7, 11) is 0. The lowest BCUT2D eigenvalue weighted by molar-refractivity contribution is 0.0993. The van der Waals surface area contributed by atoms with E-state index in [0.29, 0.717) is 59.5 Å². The van der Waals surface area contributed by atoms with Crippen molar-refractivity contribution >= 4 is 58.3 Å². The number of nitrogens with zero attached hydrogens (tertiary/aromatic N) is 5. The van der Waals surface area contributed by atoms with Crippen molar-refractivity contribution in [2.24, 2.45) is 5.10 Å². The Bertz CT molecular complexity index is 1560. The fourth-order valence-corrected chi connectivity index (χ4v) is 4.66. The number of hydrazone groups is 1. The van der Waals surface area contributed by atoms with Gasteiger partial charge in [-0.25, -0.2) is 14.8 Å². The van der Waals surface area contributed by atoms with Crippen molar-refractivity contribution in [2.75, 3.05) is 41.9 Å². The maximum atomic E-state index is 14.2. The lowest BCUT2D eigenvalue weighted by Gasteiger charge is -2.27. The minimum absolute atomic E-state index is 0.00641. The number of benzene rings is 2. The van der Waals surface area contributed by atoms with Crippen LogP contribution in [0.4, 0.5) is 27.5 Å². The predicted octanol–water partition coefficient (Wildman–Crippen LogP) is 5.47. The number of aromatic hydroxyl groups is 1. The molecule has 41 heavy (non-hydrogen) atoms. The number of pyridine rings is 1. The van der Waals surface area contributed by atoms with Crippen molar-refractivity contribution in [3.8, 4) is 5.75 Å². The van der Waals surface area contributed by atoms with Crippen molar-refractivity contribution < 1.29 is 19.0 Å². The molecule has 0 spiro atoms. The topological polar surface area (TPSA) is 125 Å². The maximum absolute atomic E-state index is 14.2. The number of carbonyl (C=O) groups is 1. The van der Waals surface area contributed by atoms with Crippen LogP contribution < -0.4 is 15.6 Å². The quantitative estimate of drug-likeness (QED) is 0.131. The summed E-state index contributed by atoms with van der Waals surface area (Å²) < 4.78 is 19.5. The molecule has 3 N–H and O–H groups in total. The lowest BCUT2D eigenvalue weighted by atomic mass is 10.0. The normalized spacial score (nSPS) is 13.4. The molecule has 1 aliphatic rings. The summed E-state index contributed by atoms with van der Waals surface area (Å²) in [5.74, 6) is -0.355. The van der Waals surface area contributed by atoms with Crippen LogP contribution in [0, 0.1) is 5.82 Å². The Morgan fingerprint density at radius 1 is 1.07 bits per heavy atom. The monoisotopic (exact) mass is 595 g/mol. The third-order valence-corrected chi connectivity index (χ3v) is 6.58. The average Bonchev–Trinajstić information content (AvgIpc) is 2.95. The van der Waals surface area contributed by atoms with Crippen LogP contribution in [0.1, 0.15) is 21.6 Å². The van der Waals surface area contributed by atoms with Crippen molar-refractivity contribution in [2.45, 2.75) is 6.42 Å². The Kier molecular flexibility index (Phi) is 8.88. The first-order chi connectivity index (χ1) is 19.8. The van der Waals surface area contributed by atoms with Crippen LogP contribution in [-0.4, -0.2) is 58.4 Å². The van der Waals surface area contributed by atoms with E-state index in [1.807, 2.05) is 0 Å². The second kappa shape index (κ2) is 12.9. The molecule has 13 heteroatoms. The molecule has 1 aliphatic heterocycles. The van der Waals surface area contributed by atoms with Gasteiger partial charge < -0.3 is 20.1 Å². The number of ether oxygens (including phenoxy) is 1. The van der Waals surface area contributed by atoms with Gasteiger partial charge in [0.05, 0.1) is 48.2 Å². The van der Waals surface area contributed by atoms with Crippen LogP contribution in [0.25, 0.3) is 0 Å². The molecule has 0 aliphatic carbocycles. The molecule has 3 heterocycles. The van der Waals surface area contributed by atoms with Crippen LogP contribution in [0.3, 0.4) is 0 Å². The molecule has 10 nitrogen and oxygen atoms in total. The molecular formula is C28H24Cl2FN7O3. The van der Waals surface area contributed by atoms with Gasteiger partial charge in [0.1, 0.15) is 5.75 Å². The molecule has 0 amide bonds. The smallest absolute Gasteiger partial charge is 0.245 e. The van der Waals surface area contributed by atoms with E-state index in [4.69, 9.17) is 27.9 Å². The summed E-state index contributed by atoms with van der Waals surface area (Å²) in [6.07, 6.45) is 4.26. The molecule has 2 aromatic carbocycles. The van der Waals surface area contributed by atoms with Gasteiger partial charge in [0.2, 0.25) is 5.95 Å². The molecule has 210 valence electrons. The Morgan fingerprint density at radius 3 is 2.61 bits per heavy atom. The summed E-state index contributed by atoms with van der Waals surface area (Å²) in [6, 6.07) is 13.1. The van der Waals surface area contributed by atoms with Gasteiger partial charge in [0.15, 0.2) is 17.4 Å². The van der Waals surface area contributed by atoms with E-state index >= 15 is 0 Å². The van der Waals surface area contributed by atoms with Crippen LogP contribution in [0.5, 0.6) is 5.75 Å². The lowest BCUT2D eigenvalue weighted by Crippen LogP contribution is -2.37. The van der Waals surface area contributed by atoms with E-state index in [2.05, 4.69) is 30.8 Å². The number of morpholine rings is 1. The number of rotatable bonds is 9. The van der Waals surface area contributed by atoms with E-state index in [0.717, 1.165) is 6.20 Å². The average molecular weight is 596 g/mol. The van der Waals surface area contributed by atoms with E-state index in [1.165, 1.54) is 18.3 Å². The number of halogens is 3. The van der Waals surface area contributed by atoms with Gasteiger partial charge in [-0.2, -0.15) is 10.1 Å². The molecule has 1 saturated heterocycles. The Labute approximate surface area is 244 Å². The van der Waals surface area contributed by atoms with Crippen LogP contribution in [0.15, 0.2) is 66.0 Å². The summed E-state index contributed by atoms with van der Waals surface area (Å²) in [5.41, 5.74) is 5.57. The van der Waals surface area contributed by atoms with Crippen LogP contribution in [0.2, 0.25) is 10.0 Å². The number of phenols is 1. The van der Waals surface area contributed by atoms with Gasteiger partial charge >= 0.3 is 0 Å². The molecule has 0 unspecified atom stereocenters. The third kappa shape index (κ3) is 7.46. The van der Waals surface area contributed by atoms with Crippen molar-refractivity contribution in [3.05, 3.63) is 93.6 Å². The highest BCUT2D eigenvalue weighted by Gasteiger charge is 2.18. The summed E-state index contributed by atoms with van der Waals surface area (Å²) in [6.45, 7) is 2.12. The molecule has 0 saturated carbocycles. The number of nitrogens with one attached hydrogen (secondary N) is 2. The number of anilines is 4. The number of carbonyl (C=O) groups excluding carboxylic acids is 1. The second-order valence-corrected chi connectivity index (χ2v) is 9.89. The van der Waals surface area contributed by atoms with E-state index in [9.17, 15) is 14.3 Å². The number of phenolic OH excluding ortho intramolecular Hbond substituents is 1. The SMILES string of the molecule is O=C(Cc1cc(O)cc(Cl)c1)c1ccc(Nc2ccc(/C=N/Nc3ncc(F)c(N4CCOCC4)n3)nc2)cc1Cl. The number of hydrogen-bond acceptors (Lipinski definition) is 10. The Morgan fingerprint density at radius 2 is 1.88 bits per heavy atom. The number of aromatic nitrogens is 3. The first kappa shape index (κ1) is 28.2. The molecule has 0 atom stereocenters. The zero-order valence-electron chi connectivity index (χ0n) is 21.5. The Balaban J connectivity index is 1.17. The predicted molar refractivity (Wildman–Crippen MR) is 156 cm³/mol. The number of hydrogen-bond donors (Lipinski definition) is 3. The van der Waals surface area contributed by atoms with Gasteiger partial charge in [-0.1, -0.05) is 23.2 Å². The summed E-state index contributed by atoms with van der Waals surface area (Å²) >= 11 is 12.4. The fraction of sp³-hybridized carbons (Fsp3) is 0.179. The largest absolute Gasteiger partial charge is 0.508 e. The van der Waals surface area contributed by atoms with Gasteiger partial charge in [0, 0.05) is 35.8 Å². The molecular weight excluding hydrogens is 572 g/mol. The minimum atomic E-state index is -0.507.